The minimum absolute atomic E-state index is 0.0734. The fourth-order valence-electron chi connectivity index (χ4n) is 4.28. The van der Waals surface area contributed by atoms with Crippen LogP contribution in [-0.4, -0.2) is 60.8 Å². The van der Waals surface area contributed by atoms with E-state index in [0.717, 1.165) is 38.0 Å². The molecule has 7 nitrogen and oxygen atoms in total. The Kier molecular flexibility index (Phi) is 6.48. The van der Waals surface area contributed by atoms with E-state index < -0.39 is 21.4 Å². The summed E-state index contributed by atoms with van der Waals surface area (Å²) in [6.45, 7) is 0. The average Bonchev–Trinajstić information content (AvgIpc) is 2.76. The monoisotopic (exact) mass is 492 g/mol. The number of aromatic nitrogens is 2. The van der Waals surface area contributed by atoms with Crippen molar-refractivity contribution in [2.45, 2.75) is 42.7 Å². The van der Waals surface area contributed by atoms with Gasteiger partial charge in [-0.1, -0.05) is 11.6 Å². The van der Waals surface area contributed by atoms with E-state index >= 15 is 0 Å². The van der Waals surface area contributed by atoms with Gasteiger partial charge in [0.2, 0.25) is 0 Å². The van der Waals surface area contributed by atoms with Crippen molar-refractivity contribution in [3.63, 3.8) is 0 Å². The summed E-state index contributed by atoms with van der Waals surface area (Å²) in [7, 11) is 0.556. The van der Waals surface area contributed by atoms with Crippen molar-refractivity contribution >= 4 is 38.2 Å². The van der Waals surface area contributed by atoms with Gasteiger partial charge in [-0.2, -0.15) is 0 Å². The highest BCUT2D eigenvalue weighted by Gasteiger charge is 2.26. The summed E-state index contributed by atoms with van der Waals surface area (Å²) in [6.07, 6.45) is 6.30. The second-order valence-electron chi connectivity index (χ2n) is 8.74. The molecule has 1 aromatic carbocycles. The number of nitrogens with one attached hydrogen (secondary N) is 1. The summed E-state index contributed by atoms with van der Waals surface area (Å²) >= 11 is 5.94. The summed E-state index contributed by atoms with van der Waals surface area (Å²) in [5.74, 6) is -1.49. The maximum Gasteiger partial charge on any atom is 0.179 e. The Morgan fingerprint density at radius 3 is 2.48 bits per heavy atom. The third kappa shape index (κ3) is 4.90. The molecule has 176 valence electrons. The second-order valence-corrected chi connectivity index (χ2v) is 11.1. The van der Waals surface area contributed by atoms with Gasteiger partial charge in [0.05, 0.1) is 21.9 Å². The highest BCUT2D eigenvalue weighted by Crippen LogP contribution is 2.35. The standard InChI is InChI=1S/C23H26ClFN4O3S/c1-29(2)15-6-4-14(5-7-15)27-22-20(33(3,31)32)12-26-19-9-8-18(28-21(19)22)13-10-16(24)23(30)17(25)11-13/h8-12,14-15,30H,4-7H2,1-3H3,(H,26,27)/t14-,15-. The predicted octanol–water partition coefficient (Wildman–Crippen LogP) is 4.48. The molecule has 0 amide bonds. The van der Waals surface area contributed by atoms with E-state index in [1.807, 2.05) is 0 Å². The van der Waals surface area contributed by atoms with E-state index in [0.29, 0.717) is 34.0 Å². The molecule has 0 saturated heterocycles. The van der Waals surface area contributed by atoms with E-state index in [4.69, 9.17) is 11.6 Å². The van der Waals surface area contributed by atoms with Gasteiger partial charge in [0.15, 0.2) is 21.4 Å². The number of rotatable bonds is 5. The molecule has 10 heteroatoms. The molecule has 1 fully saturated rings. The van der Waals surface area contributed by atoms with E-state index in [1.54, 1.807) is 12.1 Å². The quantitative estimate of drug-likeness (QED) is 0.542. The molecule has 2 heterocycles. The van der Waals surface area contributed by atoms with Crippen molar-refractivity contribution in [2.24, 2.45) is 0 Å². The molecule has 3 aromatic rings. The number of halogens is 2. The minimum Gasteiger partial charge on any atom is -0.504 e. The summed E-state index contributed by atoms with van der Waals surface area (Å²) < 4.78 is 39.2. The highest BCUT2D eigenvalue weighted by molar-refractivity contribution is 7.90. The number of hydrogen-bond donors (Lipinski definition) is 2. The fraction of sp³-hybridized carbons (Fsp3) is 0.391. The Morgan fingerprint density at radius 1 is 1.18 bits per heavy atom. The van der Waals surface area contributed by atoms with Gasteiger partial charge in [-0.25, -0.2) is 17.8 Å². The largest absolute Gasteiger partial charge is 0.504 e. The maximum atomic E-state index is 14.1. The molecule has 0 spiro atoms. The molecular formula is C23H26ClFN4O3S. The molecule has 0 atom stereocenters. The lowest BCUT2D eigenvalue weighted by molar-refractivity contribution is 0.221. The molecule has 0 aliphatic heterocycles. The highest BCUT2D eigenvalue weighted by atomic mass is 35.5. The topological polar surface area (TPSA) is 95.4 Å². The normalized spacial score (nSPS) is 19.2. The fourth-order valence-corrected chi connectivity index (χ4v) is 5.26. The minimum atomic E-state index is -3.58. The zero-order chi connectivity index (χ0) is 23.9. The van der Waals surface area contributed by atoms with Crippen molar-refractivity contribution in [2.75, 3.05) is 25.7 Å². The Labute approximate surface area is 197 Å². The van der Waals surface area contributed by atoms with Gasteiger partial charge < -0.3 is 15.3 Å². The third-order valence-corrected chi connectivity index (χ3v) is 7.56. The number of pyridine rings is 2. The van der Waals surface area contributed by atoms with Crippen LogP contribution in [0, 0.1) is 5.82 Å². The smallest absolute Gasteiger partial charge is 0.179 e. The summed E-state index contributed by atoms with van der Waals surface area (Å²) in [4.78, 5) is 11.2. The number of anilines is 1. The van der Waals surface area contributed by atoms with Crippen LogP contribution in [0.3, 0.4) is 0 Å². The lowest BCUT2D eigenvalue weighted by atomic mass is 9.90. The Morgan fingerprint density at radius 2 is 1.88 bits per heavy atom. The van der Waals surface area contributed by atoms with Crippen LogP contribution in [0.25, 0.3) is 22.3 Å². The van der Waals surface area contributed by atoms with Gasteiger partial charge in [0.25, 0.3) is 0 Å². The van der Waals surface area contributed by atoms with Crippen LogP contribution >= 0.6 is 11.6 Å². The number of sulfone groups is 1. The molecule has 0 unspecified atom stereocenters. The Hall–Kier alpha value is -2.49. The first-order valence-electron chi connectivity index (χ1n) is 10.7. The van der Waals surface area contributed by atoms with Crippen LogP contribution in [0.2, 0.25) is 5.02 Å². The number of aromatic hydroxyl groups is 1. The van der Waals surface area contributed by atoms with Gasteiger partial charge in [-0.05, 0) is 64.0 Å². The van der Waals surface area contributed by atoms with Gasteiger partial charge in [0, 0.05) is 30.1 Å². The third-order valence-electron chi connectivity index (χ3n) is 6.17. The lowest BCUT2D eigenvalue weighted by Gasteiger charge is -2.33. The number of nitrogens with zero attached hydrogens (tertiary/aromatic N) is 3. The summed E-state index contributed by atoms with van der Waals surface area (Å²) in [6, 6.07) is 6.51. The molecule has 2 N–H and O–H groups in total. The molecule has 1 aliphatic rings. The van der Waals surface area contributed by atoms with Crippen molar-refractivity contribution in [3.05, 3.63) is 41.3 Å². The lowest BCUT2D eigenvalue weighted by Crippen LogP contribution is -2.36. The predicted molar refractivity (Wildman–Crippen MR) is 128 cm³/mol. The van der Waals surface area contributed by atoms with Crippen LogP contribution in [0.1, 0.15) is 25.7 Å². The molecule has 2 aromatic heterocycles. The van der Waals surface area contributed by atoms with E-state index in [2.05, 4.69) is 34.3 Å². The van der Waals surface area contributed by atoms with Crippen molar-refractivity contribution in [1.82, 2.24) is 14.9 Å². The first kappa shape index (κ1) is 23.7. The van der Waals surface area contributed by atoms with E-state index in [9.17, 15) is 17.9 Å². The van der Waals surface area contributed by atoms with Crippen molar-refractivity contribution < 1.29 is 17.9 Å². The van der Waals surface area contributed by atoms with E-state index in [-0.39, 0.29) is 16.0 Å². The molecule has 0 radical (unpaired) electrons. The number of phenols is 1. The summed E-state index contributed by atoms with van der Waals surface area (Å²) in [5, 5.41) is 12.9. The van der Waals surface area contributed by atoms with Crippen LogP contribution in [0.15, 0.2) is 35.4 Å². The first-order valence-corrected chi connectivity index (χ1v) is 12.9. The van der Waals surface area contributed by atoms with E-state index in [1.165, 1.54) is 12.3 Å². The molecule has 1 aliphatic carbocycles. The zero-order valence-electron chi connectivity index (χ0n) is 18.6. The maximum absolute atomic E-state index is 14.1. The number of phenolic OH excluding ortho intramolecular Hbond substituents is 1. The first-order chi connectivity index (χ1) is 15.5. The molecule has 0 bridgehead atoms. The van der Waals surface area contributed by atoms with Crippen LogP contribution in [0.5, 0.6) is 5.75 Å². The van der Waals surface area contributed by atoms with Crippen LogP contribution < -0.4 is 5.32 Å². The number of hydrogen-bond acceptors (Lipinski definition) is 7. The summed E-state index contributed by atoms with van der Waals surface area (Å²) in [5.41, 5.74) is 2.05. The number of benzene rings is 1. The van der Waals surface area contributed by atoms with Gasteiger partial charge in [-0.3, -0.25) is 4.98 Å². The Balaban J connectivity index is 1.80. The molecule has 33 heavy (non-hydrogen) atoms. The van der Waals surface area contributed by atoms with Crippen molar-refractivity contribution in [3.8, 4) is 17.0 Å². The van der Waals surface area contributed by atoms with Gasteiger partial charge >= 0.3 is 0 Å². The Bertz CT molecular complexity index is 1290. The molecule has 1 saturated carbocycles. The number of fused-ring (bicyclic) bond motifs is 1. The van der Waals surface area contributed by atoms with Crippen molar-refractivity contribution in [1.29, 1.82) is 0 Å². The zero-order valence-corrected chi connectivity index (χ0v) is 20.2. The van der Waals surface area contributed by atoms with Crippen LogP contribution in [-0.2, 0) is 9.84 Å². The molecular weight excluding hydrogens is 467 g/mol. The van der Waals surface area contributed by atoms with Gasteiger partial charge in [-0.15, -0.1) is 0 Å². The van der Waals surface area contributed by atoms with Crippen LogP contribution in [0.4, 0.5) is 10.1 Å². The SMILES string of the molecule is CN(C)[C@H]1CC[C@H](Nc2c(S(C)(=O)=O)cnc3ccc(-c4cc(F)c(O)c(Cl)c4)nc23)CC1. The average molecular weight is 493 g/mol. The molecule has 4 rings (SSSR count). The second kappa shape index (κ2) is 9.04. The van der Waals surface area contributed by atoms with Gasteiger partial charge in [0.1, 0.15) is 10.4 Å².